The molecule has 1 aliphatic rings. The Morgan fingerprint density at radius 1 is 1.04 bits per heavy atom. The third kappa shape index (κ3) is 4.27. The van der Waals surface area contributed by atoms with Crippen molar-refractivity contribution in [2.24, 2.45) is 0 Å². The lowest BCUT2D eigenvalue weighted by Gasteiger charge is -2.35. The van der Waals surface area contributed by atoms with Gasteiger partial charge in [0.1, 0.15) is 0 Å². The predicted octanol–water partition coefficient (Wildman–Crippen LogP) is 2.45. The molecule has 1 aliphatic heterocycles. The number of esters is 1. The molecule has 1 atom stereocenters. The summed E-state index contributed by atoms with van der Waals surface area (Å²) in [5.74, 6) is -1.38. The van der Waals surface area contributed by atoms with Crippen LogP contribution in [0, 0.1) is 0 Å². The number of ether oxygens (including phenoxy) is 2. The Hall–Kier alpha value is -3.16. The number of rotatable bonds is 4. The first-order valence-corrected chi connectivity index (χ1v) is 8.28. The highest BCUT2D eigenvalue weighted by molar-refractivity contribution is 5.86. The van der Waals surface area contributed by atoms with Gasteiger partial charge in [-0.3, -0.25) is 0 Å². The number of para-hydroxylation sites is 1. The van der Waals surface area contributed by atoms with Crippen molar-refractivity contribution in [2.45, 2.75) is 13.2 Å². The zero-order valence-electron chi connectivity index (χ0n) is 14.3. The molecule has 2 aromatic rings. The minimum absolute atomic E-state index is 0.165. The van der Waals surface area contributed by atoms with Crippen molar-refractivity contribution in [2.75, 3.05) is 31.1 Å². The molecule has 1 saturated heterocycles. The van der Waals surface area contributed by atoms with Gasteiger partial charge in [-0.15, -0.1) is 0 Å². The van der Waals surface area contributed by atoms with E-state index in [1.165, 1.54) is 19.1 Å². The lowest BCUT2D eigenvalue weighted by molar-refractivity contribution is -0.0712. The van der Waals surface area contributed by atoms with E-state index in [1.54, 1.807) is 4.90 Å². The molecule has 0 radical (unpaired) electrons. The zero-order valence-corrected chi connectivity index (χ0v) is 14.3. The van der Waals surface area contributed by atoms with Crippen LogP contribution in [0.25, 0.3) is 0 Å². The monoisotopic (exact) mass is 360 g/mol. The summed E-state index contributed by atoms with van der Waals surface area (Å²) in [4.78, 5) is 27.8. The Bertz CT molecular complexity index is 752. The first kappa shape index (κ1) is 17.7. The van der Waals surface area contributed by atoms with E-state index in [-0.39, 0.29) is 5.76 Å². The van der Waals surface area contributed by atoms with Gasteiger partial charge in [0.2, 0.25) is 12.1 Å². The van der Waals surface area contributed by atoms with Crippen LogP contribution in [0.2, 0.25) is 0 Å². The third-order valence-corrected chi connectivity index (χ3v) is 3.99. The van der Waals surface area contributed by atoms with Gasteiger partial charge in [-0.05, 0) is 18.2 Å². The van der Waals surface area contributed by atoms with Gasteiger partial charge in [-0.1, -0.05) is 18.2 Å². The van der Waals surface area contributed by atoms with E-state index in [1.807, 2.05) is 30.3 Å². The summed E-state index contributed by atoms with van der Waals surface area (Å²) in [6, 6.07) is 12.5. The molecule has 3 rings (SSSR count). The van der Waals surface area contributed by atoms with Crippen molar-refractivity contribution in [1.29, 1.82) is 0 Å². The number of hydrogen-bond acceptors (Lipinski definition) is 7. The summed E-state index contributed by atoms with van der Waals surface area (Å²) >= 11 is 0. The van der Waals surface area contributed by atoms with Crippen LogP contribution in [-0.4, -0.2) is 54.5 Å². The molecule has 2 heterocycles. The Morgan fingerprint density at radius 2 is 1.73 bits per heavy atom. The molecule has 1 N–H and O–H groups in total. The molecule has 0 aliphatic carbocycles. The quantitative estimate of drug-likeness (QED) is 0.661. The highest BCUT2D eigenvalue weighted by Gasteiger charge is 2.25. The van der Waals surface area contributed by atoms with Gasteiger partial charge >= 0.3 is 12.1 Å². The van der Waals surface area contributed by atoms with Crippen molar-refractivity contribution in [3.8, 4) is 5.95 Å². The Kier molecular flexibility index (Phi) is 5.31. The first-order chi connectivity index (χ1) is 12.5. The van der Waals surface area contributed by atoms with Crippen LogP contribution in [0.5, 0.6) is 5.95 Å². The molecule has 8 heteroatoms. The van der Waals surface area contributed by atoms with E-state index >= 15 is 0 Å². The van der Waals surface area contributed by atoms with Gasteiger partial charge in [-0.25, -0.2) is 9.59 Å². The standard InChI is InChI=1S/C18H20N2O6/c1-13(24-17(22)15-7-8-16(21)26-15)25-18(23)20-11-9-19(10-12-20)14-5-3-2-4-6-14/h2-8,13,21H,9-12H2,1H3. The number of benzene rings is 1. The molecular weight excluding hydrogens is 340 g/mol. The molecule has 26 heavy (non-hydrogen) atoms. The number of aromatic hydroxyl groups is 1. The van der Waals surface area contributed by atoms with Gasteiger partial charge in [0, 0.05) is 44.9 Å². The normalized spacial score (nSPS) is 15.4. The fourth-order valence-electron chi connectivity index (χ4n) is 2.67. The van der Waals surface area contributed by atoms with E-state index in [2.05, 4.69) is 4.90 Å². The summed E-state index contributed by atoms with van der Waals surface area (Å²) in [5.41, 5.74) is 1.12. The SMILES string of the molecule is CC(OC(=O)c1ccc(O)o1)OC(=O)N1CCN(c2ccccc2)CC1. The fourth-order valence-corrected chi connectivity index (χ4v) is 2.67. The molecule has 1 aromatic heterocycles. The maximum absolute atomic E-state index is 12.2. The average Bonchev–Trinajstić information content (AvgIpc) is 3.09. The van der Waals surface area contributed by atoms with Crippen molar-refractivity contribution >= 4 is 17.7 Å². The van der Waals surface area contributed by atoms with Gasteiger partial charge in [0.25, 0.3) is 5.95 Å². The molecule has 1 aromatic carbocycles. The van der Waals surface area contributed by atoms with E-state index in [0.717, 1.165) is 5.69 Å². The van der Waals surface area contributed by atoms with E-state index < -0.39 is 24.3 Å². The van der Waals surface area contributed by atoms with Crippen molar-refractivity contribution < 1.29 is 28.6 Å². The zero-order chi connectivity index (χ0) is 18.5. The lowest BCUT2D eigenvalue weighted by atomic mass is 10.2. The number of carbonyl (C=O) groups excluding carboxylic acids is 2. The topological polar surface area (TPSA) is 92.4 Å². The van der Waals surface area contributed by atoms with Crippen molar-refractivity contribution in [3.05, 3.63) is 48.2 Å². The van der Waals surface area contributed by atoms with E-state index in [4.69, 9.17) is 19.0 Å². The first-order valence-electron chi connectivity index (χ1n) is 8.28. The largest absolute Gasteiger partial charge is 0.481 e. The van der Waals surface area contributed by atoms with E-state index in [9.17, 15) is 9.59 Å². The molecule has 0 saturated carbocycles. The number of furan rings is 1. The molecular formula is C18H20N2O6. The highest BCUT2D eigenvalue weighted by atomic mass is 16.7. The predicted molar refractivity (Wildman–Crippen MR) is 92.0 cm³/mol. The van der Waals surface area contributed by atoms with Gasteiger partial charge in [0.15, 0.2) is 0 Å². The maximum Gasteiger partial charge on any atom is 0.412 e. The van der Waals surface area contributed by atoms with Crippen molar-refractivity contribution in [3.63, 3.8) is 0 Å². The van der Waals surface area contributed by atoms with Crippen LogP contribution in [0.3, 0.4) is 0 Å². The molecule has 138 valence electrons. The van der Waals surface area contributed by atoms with Crippen LogP contribution in [-0.2, 0) is 9.47 Å². The molecule has 0 bridgehead atoms. The maximum atomic E-state index is 12.2. The summed E-state index contributed by atoms with van der Waals surface area (Å²) < 4.78 is 14.9. The van der Waals surface area contributed by atoms with Gasteiger partial charge in [-0.2, -0.15) is 0 Å². The second-order valence-corrected chi connectivity index (χ2v) is 5.80. The number of anilines is 1. The van der Waals surface area contributed by atoms with Crippen LogP contribution in [0.15, 0.2) is 46.9 Å². The summed E-state index contributed by atoms with van der Waals surface area (Å²) in [6.45, 7) is 3.86. The molecule has 0 spiro atoms. The summed E-state index contributed by atoms with van der Waals surface area (Å²) in [5, 5.41) is 9.08. The second kappa shape index (κ2) is 7.81. The number of hydrogen-bond donors (Lipinski definition) is 1. The Labute approximate surface area is 150 Å². The average molecular weight is 360 g/mol. The van der Waals surface area contributed by atoms with Gasteiger partial charge in [0.05, 0.1) is 0 Å². The third-order valence-electron chi connectivity index (χ3n) is 3.99. The Balaban J connectivity index is 1.46. The second-order valence-electron chi connectivity index (χ2n) is 5.80. The number of piperazine rings is 1. The number of carbonyl (C=O) groups is 2. The molecule has 1 unspecified atom stereocenters. The number of amides is 1. The Morgan fingerprint density at radius 3 is 2.35 bits per heavy atom. The summed E-state index contributed by atoms with van der Waals surface area (Å²) in [7, 11) is 0. The van der Waals surface area contributed by atoms with Crippen LogP contribution in [0.1, 0.15) is 17.5 Å². The summed E-state index contributed by atoms with van der Waals surface area (Å²) in [6.07, 6.45) is -1.62. The van der Waals surface area contributed by atoms with Crippen molar-refractivity contribution in [1.82, 2.24) is 4.90 Å². The molecule has 8 nitrogen and oxygen atoms in total. The molecule has 1 fully saturated rings. The lowest BCUT2D eigenvalue weighted by Crippen LogP contribution is -2.49. The minimum atomic E-state index is -1.07. The van der Waals surface area contributed by atoms with E-state index in [0.29, 0.717) is 26.2 Å². The minimum Gasteiger partial charge on any atom is -0.481 e. The fraction of sp³-hybridized carbons (Fsp3) is 0.333. The smallest absolute Gasteiger partial charge is 0.412 e. The highest BCUT2D eigenvalue weighted by Crippen LogP contribution is 2.17. The van der Waals surface area contributed by atoms with Gasteiger partial charge < -0.3 is 28.8 Å². The number of nitrogens with zero attached hydrogens (tertiary/aromatic N) is 2. The van der Waals surface area contributed by atoms with Crippen LogP contribution < -0.4 is 4.90 Å². The van der Waals surface area contributed by atoms with Crippen LogP contribution >= 0.6 is 0 Å². The van der Waals surface area contributed by atoms with Crippen LogP contribution in [0.4, 0.5) is 10.5 Å². The molecule has 1 amide bonds.